The van der Waals surface area contributed by atoms with E-state index in [4.69, 9.17) is 22.4 Å². The minimum Gasteiger partial charge on any atom is -0.392 e. The first-order valence-corrected chi connectivity index (χ1v) is 6.22. The van der Waals surface area contributed by atoms with Gasteiger partial charge in [0.25, 0.3) is 5.56 Å². The molecule has 0 unspecified atom stereocenters. The largest absolute Gasteiger partial charge is 0.392 e. The number of H-pyrrole nitrogens is 1. The zero-order valence-corrected chi connectivity index (χ0v) is 10.8. The maximum atomic E-state index is 11.2. The smallest absolute Gasteiger partial charge is 0.253 e. The zero-order chi connectivity index (χ0) is 13.1. The lowest BCUT2D eigenvalue weighted by Gasteiger charge is -2.04. The van der Waals surface area contributed by atoms with Crippen molar-refractivity contribution in [1.82, 2.24) is 9.97 Å². The molecule has 5 nitrogen and oxygen atoms in total. The third kappa shape index (κ3) is 3.04. The molecule has 0 amide bonds. The molecule has 2 aromatic rings. The number of nitrogen functional groups attached to an aromatic ring is 1. The van der Waals surface area contributed by atoms with Crippen LogP contribution in [0, 0.1) is 0 Å². The van der Waals surface area contributed by atoms with Crippen molar-refractivity contribution in [3.8, 4) is 0 Å². The van der Waals surface area contributed by atoms with Crippen molar-refractivity contribution in [2.75, 3.05) is 5.73 Å². The van der Waals surface area contributed by atoms with Gasteiger partial charge in [0.15, 0.2) is 5.16 Å². The molecule has 2 rings (SSSR count). The minimum absolute atomic E-state index is 0.114. The first kappa shape index (κ1) is 12.9. The Labute approximate surface area is 112 Å². The Balaban J connectivity index is 2.28. The summed E-state index contributed by atoms with van der Waals surface area (Å²) in [7, 11) is 0. The number of rotatable bonds is 3. The maximum absolute atomic E-state index is 11.2. The fourth-order valence-corrected chi connectivity index (χ4v) is 2.48. The van der Waals surface area contributed by atoms with Crippen LogP contribution in [-0.2, 0) is 6.61 Å². The van der Waals surface area contributed by atoms with Crippen LogP contribution in [0.4, 0.5) is 5.82 Å². The number of hydrogen-bond acceptors (Lipinski definition) is 5. The van der Waals surface area contributed by atoms with Crippen molar-refractivity contribution < 1.29 is 5.11 Å². The summed E-state index contributed by atoms with van der Waals surface area (Å²) >= 11 is 7.20. The van der Waals surface area contributed by atoms with Gasteiger partial charge in [-0.2, -0.15) is 0 Å². The Morgan fingerprint density at radius 3 is 2.83 bits per heavy atom. The summed E-state index contributed by atoms with van der Waals surface area (Å²) in [5, 5.41) is 9.87. The van der Waals surface area contributed by atoms with Gasteiger partial charge in [0, 0.05) is 16.0 Å². The van der Waals surface area contributed by atoms with Crippen molar-refractivity contribution in [1.29, 1.82) is 0 Å². The van der Waals surface area contributed by atoms with E-state index in [2.05, 4.69) is 9.97 Å². The summed E-state index contributed by atoms with van der Waals surface area (Å²) in [6, 6.07) is 6.41. The average Bonchev–Trinajstić information content (AvgIpc) is 2.27. The van der Waals surface area contributed by atoms with Crippen LogP contribution in [0.25, 0.3) is 0 Å². The Morgan fingerprint density at radius 1 is 1.44 bits per heavy atom. The molecule has 0 aliphatic carbocycles. The second-order valence-electron chi connectivity index (χ2n) is 3.49. The Bertz CT molecular complexity index is 630. The van der Waals surface area contributed by atoms with E-state index in [1.165, 1.54) is 17.8 Å². The molecule has 0 fully saturated rings. The Hall–Kier alpha value is -1.50. The van der Waals surface area contributed by atoms with Crippen LogP contribution in [0.1, 0.15) is 5.56 Å². The molecule has 0 atom stereocenters. The number of aromatic amines is 1. The van der Waals surface area contributed by atoms with E-state index < -0.39 is 0 Å². The summed E-state index contributed by atoms with van der Waals surface area (Å²) < 4.78 is 0. The molecule has 1 aromatic carbocycles. The lowest BCUT2D eigenvalue weighted by atomic mass is 10.2. The molecule has 4 N–H and O–H groups in total. The van der Waals surface area contributed by atoms with Gasteiger partial charge in [0.05, 0.1) is 6.61 Å². The number of aliphatic hydroxyl groups excluding tert-OH is 1. The molecule has 0 aliphatic rings. The summed E-state index contributed by atoms with van der Waals surface area (Å²) in [6.07, 6.45) is 0. The van der Waals surface area contributed by atoms with Crippen LogP contribution in [-0.4, -0.2) is 15.1 Å². The van der Waals surface area contributed by atoms with Crippen molar-refractivity contribution in [2.24, 2.45) is 0 Å². The molecule has 1 heterocycles. The third-order valence-corrected chi connectivity index (χ3v) is 3.38. The van der Waals surface area contributed by atoms with Crippen LogP contribution < -0.4 is 11.3 Å². The molecule has 7 heteroatoms. The molecule has 0 aliphatic heterocycles. The highest BCUT2D eigenvalue weighted by atomic mass is 35.5. The second-order valence-corrected chi connectivity index (χ2v) is 4.96. The Kier molecular flexibility index (Phi) is 3.90. The van der Waals surface area contributed by atoms with Gasteiger partial charge in [0.1, 0.15) is 5.82 Å². The van der Waals surface area contributed by atoms with E-state index in [1.54, 1.807) is 18.2 Å². The standard InChI is InChI=1S/C11H10ClN3O2S/c12-8-3-7(2-1-6(8)5-16)18-11-14-9(13)4-10(17)15-11/h1-4,16H,5H2,(H3,13,14,15,17). The van der Waals surface area contributed by atoms with E-state index in [9.17, 15) is 4.79 Å². The van der Waals surface area contributed by atoms with Gasteiger partial charge in [-0.15, -0.1) is 0 Å². The normalized spacial score (nSPS) is 10.6. The number of aliphatic hydroxyl groups is 1. The predicted octanol–water partition coefficient (Wildman–Crippen LogP) is 1.65. The summed E-state index contributed by atoms with van der Waals surface area (Å²) in [4.78, 5) is 18.6. The fraction of sp³-hybridized carbons (Fsp3) is 0.0909. The maximum Gasteiger partial charge on any atom is 0.253 e. The van der Waals surface area contributed by atoms with Crippen molar-refractivity contribution in [3.05, 3.63) is 45.2 Å². The molecule has 0 bridgehead atoms. The van der Waals surface area contributed by atoms with Gasteiger partial charge in [0.2, 0.25) is 0 Å². The van der Waals surface area contributed by atoms with Gasteiger partial charge in [-0.05, 0) is 17.7 Å². The van der Waals surface area contributed by atoms with E-state index >= 15 is 0 Å². The molecular formula is C11H10ClN3O2S. The number of aromatic nitrogens is 2. The highest BCUT2D eigenvalue weighted by Gasteiger charge is 2.05. The lowest BCUT2D eigenvalue weighted by molar-refractivity contribution is 0.282. The fourth-order valence-electron chi connectivity index (χ4n) is 1.33. The monoisotopic (exact) mass is 283 g/mol. The number of benzene rings is 1. The summed E-state index contributed by atoms with van der Waals surface area (Å²) in [5.41, 5.74) is 5.83. The molecule has 0 saturated carbocycles. The highest BCUT2D eigenvalue weighted by molar-refractivity contribution is 7.99. The van der Waals surface area contributed by atoms with Crippen LogP contribution in [0.2, 0.25) is 5.02 Å². The van der Waals surface area contributed by atoms with E-state index in [0.717, 1.165) is 4.90 Å². The summed E-state index contributed by atoms with van der Waals surface area (Å²) in [6.45, 7) is -0.114. The third-order valence-electron chi connectivity index (χ3n) is 2.15. The highest BCUT2D eigenvalue weighted by Crippen LogP contribution is 2.28. The number of hydrogen-bond donors (Lipinski definition) is 3. The molecule has 1 aromatic heterocycles. The lowest BCUT2D eigenvalue weighted by Crippen LogP contribution is -2.09. The number of halogens is 1. The van der Waals surface area contributed by atoms with Crippen LogP contribution in [0.3, 0.4) is 0 Å². The van der Waals surface area contributed by atoms with Crippen LogP contribution in [0.15, 0.2) is 39.1 Å². The Morgan fingerprint density at radius 2 is 2.22 bits per heavy atom. The molecule has 94 valence electrons. The van der Waals surface area contributed by atoms with Crippen molar-refractivity contribution in [2.45, 2.75) is 16.7 Å². The van der Waals surface area contributed by atoms with E-state index in [0.29, 0.717) is 15.7 Å². The van der Waals surface area contributed by atoms with Gasteiger partial charge in [-0.3, -0.25) is 4.79 Å². The molecule has 0 radical (unpaired) electrons. The van der Waals surface area contributed by atoms with Gasteiger partial charge in [-0.1, -0.05) is 29.4 Å². The van der Waals surface area contributed by atoms with E-state index in [-0.39, 0.29) is 18.0 Å². The number of nitrogens with two attached hydrogens (primary N) is 1. The van der Waals surface area contributed by atoms with Crippen molar-refractivity contribution >= 4 is 29.2 Å². The summed E-state index contributed by atoms with van der Waals surface area (Å²) in [5.74, 6) is 0.166. The molecular weight excluding hydrogens is 274 g/mol. The average molecular weight is 284 g/mol. The van der Waals surface area contributed by atoms with Gasteiger partial charge >= 0.3 is 0 Å². The van der Waals surface area contributed by atoms with Crippen LogP contribution >= 0.6 is 23.4 Å². The number of nitrogens with one attached hydrogen (secondary N) is 1. The molecule has 0 spiro atoms. The van der Waals surface area contributed by atoms with Gasteiger partial charge in [-0.25, -0.2) is 4.98 Å². The molecule has 18 heavy (non-hydrogen) atoms. The number of nitrogens with zero attached hydrogens (tertiary/aromatic N) is 1. The van der Waals surface area contributed by atoms with Gasteiger partial charge < -0.3 is 15.8 Å². The van der Waals surface area contributed by atoms with E-state index in [1.807, 2.05) is 0 Å². The zero-order valence-electron chi connectivity index (χ0n) is 9.18. The topological polar surface area (TPSA) is 92.0 Å². The second kappa shape index (κ2) is 5.43. The van der Waals surface area contributed by atoms with Crippen LogP contribution in [0.5, 0.6) is 0 Å². The predicted molar refractivity (Wildman–Crippen MR) is 70.8 cm³/mol. The minimum atomic E-state index is -0.303. The number of anilines is 1. The first-order chi connectivity index (χ1) is 8.58. The SMILES string of the molecule is Nc1cc(=O)[nH]c(Sc2ccc(CO)c(Cl)c2)n1. The van der Waals surface area contributed by atoms with Crippen molar-refractivity contribution in [3.63, 3.8) is 0 Å². The first-order valence-electron chi connectivity index (χ1n) is 5.02. The quantitative estimate of drug-likeness (QED) is 0.745. The molecule has 0 saturated heterocycles.